The van der Waals surface area contributed by atoms with Gasteiger partial charge in [0.2, 0.25) is 5.91 Å². The molecule has 1 aliphatic rings. The molecule has 6 heteroatoms. The minimum absolute atomic E-state index is 0.0632. The Balaban J connectivity index is 1.50. The summed E-state index contributed by atoms with van der Waals surface area (Å²) < 4.78 is 10.2. The van der Waals surface area contributed by atoms with E-state index in [4.69, 9.17) is 9.15 Å². The SMILES string of the molecule is COc1ccc(CCN2C[C@H](NC(=O)c3ccco3)CC2=O)cc1. The average molecular weight is 328 g/mol. The summed E-state index contributed by atoms with van der Waals surface area (Å²) in [7, 11) is 1.63. The number of benzene rings is 1. The number of hydrogen-bond donors (Lipinski definition) is 1. The van der Waals surface area contributed by atoms with Crippen LogP contribution >= 0.6 is 0 Å². The van der Waals surface area contributed by atoms with Gasteiger partial charge in [0.1, 0.15) is 5.75 Å². The third-order valence-corrected chi connectivity index (χ3v) is 4.12. The fraction of sp³-hybridized carbons (Fsp3) is 0.333. The number of amides is 2. The molecule has 1 fully saturated rings. The summed E-state index contributed by atoms with van der Waals surface area (Å²) in [6.45, 7) is 1.17. The van der Waals surface area contributed by atoms with Gasteiger partial charge in [-0.05, 0) is 36.2 Å². The highest BCUT2D eigenvalue weighted by molar-refractivity contribution is 5.92. The highest BCUT2D eigenvalue weighted by Crippen LogP contribution is 2.15. The predicted octanol–water partition coefficient (Wildman–Crippen LogP) is 1.86. The molecule has 1 aromatic carbocycles. The summed E-state index contributed by atoms with van der Waals surface area (Å²) in [6, 6.07) is 10.9. The first-order valence-corrected chi connectivity index (χ1v) is 7.91. The number of likely N-dealkylation sites (tertiary alicyclic amines) is 1. The lowest BCUT2D eigenvalue weighted by Crippen LogP contribution is -2.37. The molecule has 3 rings (SSSR count). The first-order chi connectivity index (χ1) is 11.7. The predicted molar refractivity (Wildman–Crippen MR) is 87.9 cm³/mol. The van der Waals surface area contributed by atoms with E-state index in [9.17, 15) is 9.59 Å². The van der Waals surface area contributed by atoms with Gasteiger partial charge >= 0.3 is 0 Å². The maximum Gasteiger partial charge on any atom is 0.287 e. The van der Waals surface area contributed by atoms with E-state index in [2.05, 4.69) is 5.32 Å². The summed E-state index contributed by atoms with van der Waals surface area (Å²) in [5.41, 5.74) is 1.15. The molecule has 1 atom stereocenters. The minimum atomic E-state index is -0.283. The number of hydrogen-bond acceptors (Lipinski definition) is 4. The van der Waals surface area contributed by atoms with Crippen LogP contribution in [0.4, 0.5) is 0 Å². The quantitative estimate of drug-likeness (QED) is 0.878. The molecule has 0 saturated carbocycles. The standard InChI is InChI=1S/C18H20N2O4/c1-23-15-6-4-13(5-7-15)8-9-20-12-14(11-17(20)21)19-18(22)16-3-2-10-24-16/h2-7,10,14H,8-9,11-12H2,1H3,(H,19,22)/t14-/m1/s1. The van der Waals surface area contributed by atoms with Crippen molar-refractivity contribution >= 4 is 11.8 Å². The number of carbonyl (C=O) groups is 2. The molecule has 1 saturated heterocycles. The van der Waals surface area contributed by atoms with Crippen LogP contribution in [-0.4, -0.2) is 43.0 Å². The van der Waals surface area contributed by atoms with Crippen LogP contribution in [0.2, 0.25) is 0 Å². The van der Waals surface area contributed by atoms with Gasteiger partial charge in [-0.3, -0.25) is 9.59 Å². The molecule has 0 radical (unpaired) electrons. The highest BCUT2D eigenvalue weighted by atomic mass is 16.5. The van der Waals surface area contributed by atoms with E-state index in [0.717, 1.165) is 17.7 Å². The molecule has 2 aromatic rings. The zero-order valence-corrected chi connectivity index (χ0v) is 13.5. The van der Waals surface area contributed by atoms with E-state index >= 15 is 0 Å². The summed E-state index contributed by atoms with van der Waals surface area (Å²) in [5.74, 6) is 0.860. The Morgan fingerprint density at radius 1 is 1.33 bits per heavy atom. The van der Waals surface area contributed by atoms with Crippen LogP contribution in [0.15, 0.2) is 47.1 Å². The van der Waals surface area contributed by atoms with Crippen molar-refractivity contribution in [3.63, 3.8) is 0 Å². The van der Waals surface area contributed by atoms with Crippen molar-refractivity contribution in [2.24, 2.45) is 0 Å². The van der Waals surface area contributed by atoms with Gasteiger partial charge in [0.05, 0.1) is 19.4 Å². The first-order valence-electron chi connectivity index (χ1n) is 7.91. The van der Waals surface area contributed by atoms with Gasteiger partial charge in [0.25, 0.3) is 5.91 Å². The van der Waals surface area contributed by atoms with Crippen LogP contribution < -0.4 is 10.1 Å². The van der Waals surface area contributed by atoms with Gasteiger partial charge in [-0.25, -0.2) is 0 Å². The van der Waals surface area contributed by atoms with E-state index in [-0.39, 0.29) is 23.6 Å². The Labute approximate surface area is 140 Å². The van der Waals surface area contributed by atoms with Gasteiger partial charge < -0.3 is 19.4 Å². The maximum atomic E-state index is 12.1. The Morgan fingerprint density at radius 2 is 2.12 bits per heavy atom. The smallest absolute Gasteiger partial charge is 0.287 e. The number of rotatable bonds is 6. The monoisotopic (exact) mass is 328 g/mol. The lowest BCUT2D eigenvalue weighted by atomic mass is 10.1. The number of methoxy groups -OCH3 is 1. The van der Waals surface area contributed by atoms with Crippen molar-refractivity contribution in [3.8, 4) is 5.75 Å². The molecule has 6 nitrogen and oxygen atoms in total. The second-order valence-corrected chi connectivity index (χ2v) is 5.79. The van der Waals surface area contributed by atoms with Gasteiger partial charge in [-0.1, -0.05) is 12.1 Å². The van der Waals surface area contributed by atoms with E-state index < -0.39 is 0 Å². The molecule has 1 aromatic heterocycles. The molecule has 2 heterocycles. The van der Waals surface area contributed by atoms with Gasteiger partial charge in [0.15, 0.2) is 5.76 Å². The van der Waals surface area contributed by atoms with Crippen molar-refractivity contribution in [2.75, 3.05) is 20.2 Å². The van der Waals surface area contributed by atoms with E-state index in [1.54, 1.807) is 24.1 Å². The van der Waals surface area contributed by atoms with Crippen LogP contribution in [-0.2, 0) is 11.2 Å². The second-order valence-electron chi connectivity index (χ2n) is 5.79. The van der Waals surface area contributed by atoms with Crippen LogP contribution in [0.25, 0.3) is 0 Å². The molecule has 0 spiro atoms. The molecule has 1 N–H and O–H groups in total. The zero-order valence-electron chi connectivity index (χ0n) is 13.5. The van der Waals surface area contributed by atoms with Gasteiger partial charge in [-0.15, -0.1) is 0 Å². The maximum absolute atomic E-state index is 12.1. The molecule has 2 amide bonds. The molecule has 24 heavy (non-hydrogen) atoms. The molecule has 0 aliphatic carbocycles. The summed E-state index contributed by atoms with van der Waals surface area (Å²) in [5, 5.41) is 2.84. The molecule has 1 aliphatic heterocycles. The molecular formula is C18H20N2O4. The minimum Gasteiger partial charge on any atom is -0.497 e. The van der Waals surface area contributed by atoms with Crippen molar-refractivity contribution in [3.05, 3.63) is 54.0 Å². The topological polar surface area (TPSA) is 71.8 Å². The molecule has 0 unspecified atom stereocenters. The Bertz CT molecular complexity index is 694. The number of furan rings is 1. The number of carbonyl (C=O) groups excluding carboxylic acids is 2. The average Bonchev–Trinajstić information content (AvgIpc) is 3.23. The fourth-order valence-corrected chi connectivity index (χ4v) is 2.81. The highest BCUT2D eigenvalue weighted by Gasteiger charge is 2.30. The van der Waals surface area contributed by atoms with E-state index in [1.165, 1.54) is 6.26 Å². The third kappa shape index (κ3) is 3.76. The van der Waals surface area contributed by atoms with Crippen LogP contribution in [0.5, 0.6) is 5.75 Å². The summed E-state index contributed by atoms with van der Waals surface area (Å²) in [4.78, 5) is 25.9. The Kier molecular flexibility index (Phi) is 4.84. The van der Waals surface area contributed by atoms with Crippen molar-refractivity contribution in [1.82, 2.24) is 10.2 Å². The largest absolute Gasteiger partial charge is 0.497 e. The van der Waals surface area contributed by atoms with Gasteiger partial charge in [-0.2, -0.15) is 0 Å². The van der Waals surface area contributed by atoms with Crippen LogP contribution in [0.3, 0.4) is 0 Å². The fourth-order valence-electron chi connectivity index (χ4n) is 2.81. The third-order valence-electron chi connectivity index (χ3n) is 4.12. The number of nitrogens with one attached hydrogen (secondary N) is 1. The molecule has 126 valence electrons. The summed E-state index contributed by atoms with van der Waals surface area (Å²) >= 11 is 0. The van der Waals surface area contributed by atoms with Crippen molar-refractivity contribution < 1.29 is 18.7 Å². The first kappa shape index (κ1) is 16.1. The normalized spacial score (nSPS) is 17.1. The zero-order chi connectivity index (χ0) is 16.9. The number of nitrogens with zero attached hydrogens (tertiary/aromatic N) is 1. The van der Waals surface area contributed by atoms with E-state index in [0.29, 0.717) is 19.5 Å². The summed E-state index contributed by atoms with van der Waals surface area (Å²) in [6.07, 6.45) is 2.56. The van der Waals surface area contributed by atoms with Gasteiger partial charge in [0, 0.05) is 19.5 Å². The van der Waals surface area contributed by atoms with Crippen LogP contribution in [0.1, 0.15) is 22.5 Å². The second kappa shape index (κ2) is 7.21. The Morgan fingerprint density at radius 3 is 2.79 bits per heavy atom. The lowest BCUT2D eigenvalue weighted by Gasteiger charge is -2.17. The van der Waals surface area contributed by atoms with E-state index in [1.807, 2.05) is 24.3 Å². The molecular weight excluding hydrogens is 308 g/mol. The van der Waals surface area contributed by atoms with Crippen molar-refractivity contribution in [1.29, 1.82) is 0 Å². The number of ether oxygens (including phenoxy) is 1. The van der Waals surface area contributed by atoms with Crippen LogP contribution in [0, 0.1) is 0 Å². The van der Waals surface area contributed by atoms with Crippen molar-refractivity contribution in [2.45, 2.75) is 18.9 Å². The molecule has 0 bridgehead atoms. The lowest BCUT2D eigenvalue weighted by molar-refractivity contribution is -0.127. The Hall–Kier alpha value is -2.76.